The standard InChI is InChI=1S/C20H33N3O3S.HI/c1-3-21-19(23-16-20(13-14-24)11-5-4-6-12-20)22-15-17-7-9-18(10-8-17)27(2,25)26;/h7-10,24H,3-6,11-16H2,1-2H3,(H2,21,22,23);1H. The number of aliphatic imine (C=N–C) groups is 1. The topological polar surface area (TPSA) is 90.8 Å². The lowest BCUT2D eigenvalue weighted by atomic mass is 9.72. The number of nitrogens with zero attached hydrogens (tertiary/aromatic N) is 1. The molecule has 8 heteroatoms. The van der Waals surface area contributed by atoms with Crippen LogP contribution >= 0.6 is 24.0 Å². The molecule has 0 heterocycles. The van der Waals surface area contributed by atoms with Gasteiger partial charge in [-0.25, -0.2) is 13.4 Å². The van der Waals surface area contributed by atoms with Crippen molar-refractivity contribution in [3.63, 3.8) is 0 Å². The minimum Gasteiger partial charge on any atom is -0.396 e. The van der Waals surface area contributed by atoms with E-state index in [4.69, 9.17) is 0 Å². The second-order valence-electron chi connectivity index (χ2n) is 7.50. The Morgan fingerprint density at radius 1 is 1.14 bits per heavy atom. The molecule has 0 atom stereocenters. The summed E-state index contributed by atoms with van der Waals surface area (Å²) < 4.78 is 23.1. The Kier molecular flexibility index (Phi) is 10.8. The summed E-state index contributed by atoms with van der Waals surface area (Å²) in [5.41, 5.74) is 1.11. The predicted octanol–water partition coefficient (Wildman–Crippen LogP) is 3.10. The normalized spacial score (nSPS) is 16.9. The molecule has 0 bridgehead atoms. The molecular formula is C20H34IN3O3S. The highest BCUT2D eigenvalue weighted by atomic mass is 127. The van der Waals surface area contributed by atoms with Gasteiger partial charge in [0.15, 0.2) is 15.8 Å². The molecule has 0 unspecified atom stereocenters. The molecule has 1 aromatic rings. The van der Waals surface area contributed by atoms with Crippen LogP contribution in [0.15, 0.2) is 34.2 Å². The van der Waals surface area contributed by atoms with E-state index in [1.54, 1.807) is 24.3 Å². The van der Waals surface area contributed by atoms with Crippen LogP contribution in [0.1, 0.15) is 51.0 Å². The lowest BCUT2D eigenvalue weighted by molar-refractivity contribution is 0.131. The molecule has 1 aliphatic carbocycles. The van der Waals surface area contributed by atoms with Crippen molar-refractivity contribution in [1.29, 1.82) is 0 Å². The van der Waals surface area contributed by atoms with E-state index in [1.807, 2.05) is 6.92 Å². The van der Waals surface area contributed by atoms with Crippen LogP contribution < -0.4 is 10.6 Å². The number of nitrogens with one attached hydrogen (secondary N) is 2. The van der Waals surface area contributed by atoms with E-state index in [-0.39, 0.29) is 36.0 Å². The maximum absolute atomic E-state index is 11.5. The van der Waals surface area contributed by atoms with Gasteiger partial charge in [-0.15, -0.1) is 24.0 Å². The van der Waals surface area contributed by atoms with Gasteiger partial charge in [-0.1, -0.05) is 31.4 Å². The van der Waals surface area contributed by atoms with Crippen LogP contribution in [0, 0.1) is 5.41 Å². The van der Waals surface area contributed by atoms with Crippen LogP contribution in [0.2, 0.25) is 0 Å². The molecule has 2 rings (SSSR count). The van der Waals surface area contributed by atoms with Crippen molar-refractivity contribution in [2.75, 3.05) is 26.0 Å². The summed E-state index contributed by atoms with van der Waals surface area (Å²) in [7, 11) is -3.17. The maximum Gasteiger partial charge on any atom is 0.191 e. The average Bonchev–Trinajstić information content (AvgIpc) is 2.65. The van der Waals surface area contributed by atoms with Crippen LogP contribution in [0.5, 0.6) is 0 Å². The zero-order chi connectivity index (χ0) is 19.8. The Labute approximate surface area is 186 Å². The summed E-state index contributed by atoms with van der Waals surface area (Å²) in [4.78, 5) is 4.96. The Morgan fingerprint density at radius 3 is 2.32 bits per heavy atom. The molecule has 1 aromatic carbocycles. The van der Waals surface area contributed by atoms with Crippen LogP contribution in [-0.4, -0.2) is 45.4 Å². The van der Waals surface area contributed by atoms with Crippen LogP contribution in [0.25, 0.3) is 0 Å². The molecule has 1 saturated carbocycles. The van der Waals surface area contributed by atoms with Gasteiger partial charge in [-0.05, 0) is 49.3 Å². The number of aliphatic hydroxyl groups is 1. The summed E-state index contributed by atoms with van der Waals surface area (Å²) in [6, 6.07) is 6.85. The number of aliphatic hydroxyl groups excluding tert-OH is 1. The summed E-state index contributed by atoms with van der Waals surface area (Å²) in [6.07, 6.45) is 8.06. The molecule has 1 aliphatic rings. The molecule has 0 saturated heterocycles. The molecular weight excluding hydrogens is 489 g/mol. The first-order valence-electron chi connectivity index (χ1n) is 9.81. The molecule has 28 heavy (non-hydrogen) atoms. The predicted molar refractivity (Wildman–Crippen MR) is 125 cm³/mol. The Morgan fingerprint density at radius 2 is 1.79 bits per heavy atom. The van der Waals surface area contributed by atoms with E-state index < -0.39 is 9.84 Å². The molecule has 1 fully saturated rings. The minimum atomic E-state index is -3.17. The number of benzene rings is 1. The molecule has 6 nitrogen and oxygen atoms in total. The summed E-state index contributed by atoms with van der Waals surface area (Å²) >= 11 is 0. The van der Waals surface area contributed by atoms with Crippen molar-refractivity contribution >= 4 is 39.8 Å². The van der Waals surface area contributed by atoms with Crippen molar-refractivity contribution in [2.24, 2.45) is 10.4 Å². The Balaban J connectivity index is 0.00000392. The second-order valence-corrected chi connectivity index (χ2v) is 9.51. The highest BCUT2D eigenvalue weighted by molar-refractivity contribution is 14.0. The maximum atomic E-state index is 11.5. The fourth-order valence-corrected chi connectivity index (χ4v) is 4.31. The van der Waals surface area contributed by atoms with Crippen molar-refractivity contribution in [3.05, 3.63) is 29.8 Å². The highest BCUT2D eigenvalue weighted by Gasteiger charge is 2.31. The monoisotopic (exact) mass is 523 g/mol. The molecule has 0 spiro atoms. The van der Waals surface area contributed by atoms with Gasteiger partial charge >= 0.3 is 0 Å². The first kappa shape index (κ1) is 25.2. The van der Waals surface area contributed by atoms with Gasteiger partial charge < -0.3 is 15.7 Å². The van der Waals surface area contributed by atoms with Crippen LogP contribution in [0.3, 0.4) is 0 Å². The molecule has 3 N–H and O–H groups in total. The zero-order valence-electron chi connectivity index (χ0n) is 16.9. The lowest BCUT2D eigenvalue weighted by Crippen LogP contribution is -2.44. The van der Waals surface area contributed by atoms with Gasteiger partial charge in [0.1, 0.15) is 0 Å². The number of hydrogen-bond donors (Lipinski definition) is 3. The summed E-state index contributed by atoms with van der Waals surface area (Å²) in [6.45, 7) is 4.31. The third-order valence-electron chi connectivity index (χ3n) is 5.30. The second kappa shape index (κ2) is 12.0. The van der Waals surface area contributed by atoms with E-state index in [0.717, 1.165) is 43.9 Å². The molecule has 160 valence electrons. The van der Waals surface area contributed by atoms with Gasteiger partial charge in [-0.2, -0.15) is 0 Å². The number of sulfone groups is 1. The lowest BCUT2D eigenvalue weighted by Gasteiger charge is -2.37. The smallest absolute Gasteiger partial charge is 0.191 e. The van der Waals surface area contributed by atoms with Gasteiger partial charge in [0.2, 0.25) is 0 Å². The number of halogens is 1. The fraction of sp³-hybridized carbons (Fsp3) is 0.650. The first-order chi connectivity index (χ1) is 12.9. The molecule has 0 amide bonds. The third-order valence-corrected chi connectivity index (χ3v) is 6.43. The number of rotatable bonds is 8. The first-order valence-corrected chi connectivity index (χ1v) is 11.7. The van der Waals surface area contributed by atoms with Crippen LogP contribution in [-0.2, 0) is 16.4 Å². The van der Waals surface area contributed by atoms with E-state index in [2.05, 4.69) is 15.6 Å². The van der Waals surface area contributed by atoms with Gasteiger partial charge in [0, 0.05) is 26.0 Å². The van der Waals surface area contributed by atoms with E-state index in [1.165, 1.54) is 25.5 Å². The van der Waals surface area contributed by atoms with Crippen molar-refractivity contribution in [3.8, 4) is 0 Å². The van der Waals surface area contributed by atoms with Crippen molar-refractivity contribution in [2.45, 2.75) is 56.9 Å². The van der Waals surface area contributed by atoms with Gasteiger partial charge in [0.05, 0.1) is 11.4 Å². The van der Waals surface area contributed by atoms with E-state index >= 15 is 0 Å². The Bertz CT molecular complexity index is 709. The quantitative estimate of drug-likeness (QED) is 0.277. The van der Waals surface area contributed by atoms with Crippen LogP contribution in [0.4, 0.5) is 0 Å². The third kappa shape index (κ3) is 7.87. The zero-order valence-corrected chi connectivity index (χ0v) is 20.1. The van der Waals surface area contributed by atoms with Crippen molar-refractivity contribution < 1.29 is 13.5 Å². The van der Waals surface area contributed by atoms with E-state index in [0.29, 0.717) is 11.4 Å². The Hall–Kier alpha value is -0.870. The number of guanidine groups is 1. The van der Waals surface area contributed by atoms with Gasteiger partial charge in [0.25, 0.3) is 0 Å². The molecule has 0 aromatic heterocycles. The minimum absolute atomic E-state index is 0. The highest BCUT2D eigenvalue weighted by Crippen LogP contribution is 2.38. The molecule has 0 radical (unpaired) electrons. The molecule has 0 aliphatic heterocycles. The SMILES string of the molecule is CCNC(=NCc1ccc(S(C)(=O)=O)cc1)NCC1(CCO)CCCCC1.I. The summed E-state index contributed by atoms with van der Waals surface area (Å²) in [5.74, 6) is 0.757. The average molecular weight is 523 g/mol. The van der Waals surface area contributed by atoms with Gasteiger partial charge in [-0.3, -0.25) is 0 Å². The van der Waals surface area contributed by atoms with E-state index in [9.17, 15) is 13.5 Å². The summed E-state index contributed by atoms with van der Waals surface area (Å²) in [5, 5.41) is 16.2. The number of hydrogen-bond acceptors (Lipinski definition) is 4. The van der Waals surface area contributed by atoms with Crippen molar-refractivity contribution in [1.82, 2.24) is 10.6 Å². The largest absolute Gasteiger partial charge is 0.396 e. The fourth-order valence-electron chi connectivity index (χ4n) is 3.68.